The lowest BCUT2D eigenvalue weighted by Crippen LogP contribution is -2.48. The van der Waals surface area contributed by atoms with Gasteiger partial charge in [0.05, 0.1) is 11.8 Å². The molecule has 0 saturated carbocycles. The predicted octanol–water partition coefficient (Wildman–Crippen LogP) is 5.76. The van der Waals surface area contributed by atoms with Crippen molar-refractivity contribution in [2.24, 2.45) is 5.92 Å². The first-order chi connectivity index (χ1) is 12.8. The molecule has 2 aliphatic heterocycles. The number of para-hydroxylation sites is 1. The average Bonchev–Trinajstić information content (AvgIpc) is 2.81. The zero-order valence-electron chi connectivity index (χ0n) is 17.4. The molecular weight excluding hydrogens is 334 g/mol. The van der Waals surface area contributed by atoms with Crippen molar-refractivity contribution in [1.82, 2.24) is 0 Å². The molecule has 0 radical (unpaired) electrons. The molecule has 1 fully saturated rings. The molecule has 0 aromatic heterocycles. The summed E-state index contributed by atoms with van der Waals surface area (Å²) in [6.07, 6.45) is 8.44. The zero-order valence-corrected chi connectivity index (χ0v) is 17.4. The topological polar surface area (TPSA) is 29.5 Å². The highest BCUT2D eigenvalue weighted by molar-refractivity contribution is 6.07. The van der Waals surface area contributed by atoms with Crippen LogP contribution >= 0.6 is 0 Å². The Balaban J connectivity index is 1.83. The van der Waals surface area contributed by atoms with Gasteiger partial charge in [-0.05, 0) is 65.4 Å². The predicted molar refractivity (Wildman–Crippen MR) is 112 cm³/mol. The third-order valence-electron chi connectivity index (χ3n) is 5.71. The molecule has 2 heterocycles. The van der Waals surface area contributed by atoms with Crippen molar-refractivity contribution in [2.45, 2.75) is 72.0 Å². The van der Waals surface area contributed by atoms with E-state index in [4.69, 9.17) is 4.74 Å². The van der Waals surface area contributed by atoms with Crippen molar-refractivity contribution in [3.8, 4) is 0 Å². The van der Waals surface area contributed by atoms with Crippen molar-refractivity contribution >= 4 is 11.6 Å². The fourth-order valence-electron chi connectivity index (χ4n) is 4.50. The van der Waals surface area contributed by atoms with Crippen LogP contribution in [0.3, 0.4) is 0 Å². The second-order valence-electron chi connectivity index (χ2n) is 8.60. The van der Waals surface area contributed by atoms with E-state index in [9.17, 15) is 4.79 Å². The Morgan fingerprint density at radius 3 is 2.67 bits per heavy atom. The Morgan fingerprint density at radius 2 is 1.96 bits per heavy atom. The molecule has 1 saturated heterocycles. The standard InChI is InChI=1S/C24H33NO2/c1-17(2)9-8-10-18(3)13-14-25-22-12-7-6-11-21(22)24(23(25)26)16-19(4)15-20(5)27-24/h6-7,9,11-13,19-20H,8,10,14-16H2,1-5H3. The van der Waals surface area contributed by atoms with Crippen LogP contribution in [0.1, 0.15) is 65.9 Å². The number of hydrogen-bond acceptors (Lipinski definition) is 2. The first-order valence-electron chi connectivity index (χ1n) is 10.2. The second-order valence-corrected chi connectivity index (χ2v) is 8.60. The minimum atomic E-state index is -0.794. The van der Waals surface area contributed by atoms with E-state index in [1.165, 1.54) is 11.1 Å². The summed E-state index contributed by atoms with van der Waals surface area (Å²) in [6, 6.07) is 8.16. The van der Waals surface area contributed by atoms with E-state index in [1.807, 2.05) is 17.0 Å². The fourth-order valence-corrected chi connectivity index (χ4v) is 4.50. The summed E-state index contributed by atoms with van der Waals surface area (Å²) in [5.74, 6) is 0.586. The molecule has 3 atom stereocenters. The van der Waals surface area contributed by atoms with Gasteiger partial charge in [-0.15, -0.1) is 0 Å². The van der Waals surface area contributed by atoms with Gasteiger partial charge in [0.15, 0.2) is 5.60 Å². The number of carbonyl (C=O) groups is 1. The van der Waals surface area contributed by atoms with Crippen LogP contribution in [0, 0.1) is 5.92 Å². The number of anilines is 1. The molecule has 0 N–H and O–H groups in total. The van der Waals surface area contributed by atoms with Gasteiger partial charge in [0.1, 0.15) is 0 Å². The number of carbonyl (C=O) groups excluding carboxylic acids is 1. The van der Waals surface area contributed by atoms with Crippen LogP contribution in [0.2, 0.25) is 0 Å². The SMILES string of the molecule is CC(C)=CCCC(C)=CCN1C(=O)C2(CC(C)CC(C)O2)c2ccccc21. The molecule has 0 aliphatic carbocycles. The number of benzene rings is 1. The van der Waals surface area contributed by atoms with Crippen LogP contribution in [0.25, 0.3) is 0 Å². The molecule has 3 heteroatoms. The van der Waals surface area contributed by atoms with E-state index >= 15 is 0 Å². The first kappa shape index (κ1) is 19.9. The largest absolute Gasteiger partial charge is 0.357 e. The maximum absolute atomic E-state index is 13.5. The molecule has 3 unspecified atom stereocenters. The molecule has 0 bridgehead atoms. The van der Waals surface area contributed by atoms with Crippen LogP contribution in [-0.4, -0.2) is 18.6 Å². The number of ether oxygens (including phenoxy) is 1. The van der Waals surface area contributed by atoms with Crippen LogP contribution in [0.4, 0.5) is 5.69 Å². The minimum absolute atomic E-state index is 0.104. The lowest BCUT2D eigenvalue weighted by molar-refractivity contribution is -0.167. The second kappa shape index (κ2) is 8.02. The summed E-state index contributed by atoms with van der Waals surface area (Å²) >= 11 is 0. The molecule has 1 aromatic rings. The highest BCUT2D eigenvalue weighted by Gasteiger charge is 2.54. The zero-order chi connectivity index (χ0) is 19.6. The van der Waals surface area contributed by atoms with Gasteiger partial charge in [-0.25, -0.2) is 0 Å². The van der Waals surface area contributed by atoms with Gasteiger partial charge in [0.2, 0.25) is 0 Å². The van der Waals surface area contributed by atoms with E-state index in [1.54, 1.807) is 0 Å². The number of amides is 1. The maximum Gasteiger partial charge on any atom is 0.264 e. The van der Waals surface area contributed by atoms with Gasteiger partial charge in [-0.1, -0.05) is 48.4 Å². The molecule has 27 heavy (non-hydrogen) atoms. The van der Waals surface area contributed by atoms with Crippen molar-refractivity contribution in [1.29, 1.82) is 0 Å². The maximum atomic E-state index is 13.5. The van der Waals surface area contributed by atoms with Crippen LogP contribution in [0.5, 0.6) is 0 Å². The first-order valence-corrected chi connectivity index (χ1v) is 10.2. The van der Waals surface area contributed by atoms with Crippen molar-refractivity contribution in [3.05, 3.63) is 53.1 Å². The van der Waals surface area contributed by atoms with Gasteiger partial charge in [-0.2, -0.15) is 0 Å². The summed E-state index contributed by atoms with van der Waals surface area (Å²) in [5, 5.41) is 0. The number of rotatable bonds is 5. The van der Waals surface area contributed by atoms with Crippen LogP contribution in [-0.2, 0) is 15.1 Å². The number of allylic oxidation sites excluding steroid dienone is 3. The van der Waals surface area contributed by atoms with Gasteiger partial charge in [0.25, 0.3) is 5.91 Å². The normalized spacial score (nSPS) is 27.8. The Kier molecular flexibility index (Phi) is 5.90. The van der Waals surface area contributed by atoms with Gasteiger partial charge in [-0.3, -0.25) is 4.79 Å². The summed E-state index contributed by atoms with van der Waals surface area (Å²) in [4.78, 5) is 15.4. The minimum Gasteiger partial charge on any atom is -0.357 e. The highest BCUT2D eigenvalue weighted by atomic mass is 16.5. The summed E-state index contributed by atoms with van der Waals surface area (Å²) in [5.41, 5.74) is 3.94. The number of hydrogen-bond donors (Lipinski definition) is 0. The molecule has 3 rings (SSSR count). The third kappa shape index (κ3) is 4.03. The third-order valence-corrected chi connectivity index (χ3v) is 5.71. The monoisotopic (exact) mass is 367 g/mol. The van der Waals surface area contributed by atoms with Crippen molar-refractivity contribution < 1.29 is 9.53 Å². The molecular formula is C24H33NO2. The highest BCUT2D eigenvalue weighted by Crippen LogP contribution is 2.50. The van der Waals surface area contributed by atoms with E-state index < -0.39 is 5.60 Å². The van der Waals surface area contributed by atoms with Gasteiger partial charge >= 0.3 is 0 Å². The summed E-state index contributed by atoms with van der Waals surface area (Å²) < 4.78 is 6.35. The molecule has 1 amide bonds. The molecule has 3 nitrogen and oxygen atoms in total. The lowest BCUT2D eigenvalue weighted by atomic mass is 9.81. The van der Waals surface area contributed by atoms with Gasteiger partial charge < -0.3 is 9.64 Å². The quantitative estimate of drug-likeness (QED) is 0.620. The van der Waals surface area contributed by atoms with Crippen LogP contribution < -0.4 is 4.90 Å². The Hall–Kier alpha value is -1.87. The molecule has 146 valence electrons. The smallest absolute Gasteiger partial charge is 0.264 e. The molecule has 1 aromatic carbocycles. The number of nitrogens with zero attached hydrogens (tertiary/aromatic N) is 1. The van der Waals surface area contributed by atoms with Crippen LogP contribution in [0.15, 0.2) is 47.6 Å². The van der Waals surface area contributed by atoms with E-state index in [0.717, 1.165) is 36.9 Å². The fraction of sp³-hybridized carbons (Fsp3) is 0.542. The molecule has 2 aliphatic rings. The van der Waals surface area contributed by atoms with E-state index in [-0.39, 0.29) is 12.0 Å². The Morgan fingerprint density at radius 1 is 1.22 bits per heavy atom. The number of fused-ring (bicyclic) bond motifs is 2. The lowest BCUT2D eigenvalue weighted by Gasteiger charge is -2.39. The average molecular weight is 368 g/mol. The van der Waals surface area contributed by atoms with Crippen molar-refractivity contribution in [3.63, 3.8) is 0 Å². The van der Waals surface area contributed by atoms with Crippen molar-refractivity contribution in [2.75, 3.05) is 11.4 Å². The van der Waals surface area contributed by atoms with E-state index in [2.05, 4.69) is 58.9 Å². The molecule has 1 spiro atoms. The summed E-state index contributed by atoms with van der Waals surface area (Å²) in [7, 11) is 0. The Bertz CT molecular complexity index is 747. The summed E-state index contributed by atoms with van der Waals surface area (Å²) in [6.45, 7) is 11.3. The van der Waals surface area contributed by atoms with Gasteiger partial charge in [0, 0.05) is 12.1 Å². The Labute approximate surface area is 164 Å². The van der Waals surface area contributed by atoms with E-state index in [0.29, 0.717) is 12.5 Å².